The van der Waals surface area contributed by atoms with Gasteiger partial charge < -0.3 is 4.74 Å². The van der Waals surface area contributed by atoms with Gasteiger partial charge in [0.2, 0.25) is 0 Å². The average Bonchev–Trinajstić information content (AvgIpc) is 2.82. The third-order valence-electron chi connectivity index (χ3n) is 2.45. The number of ether oxygens (including phenoxy) is 1. The third-order valence-corrected chi connectivity index (χ3v) is 2.45. The molecule has 13 heavy (non-hydrogen) atoms. The highest BCUT2D eigenvalue weighted by Gasteiger charge is 2.45. The summed E-state index contributed by atoms with van der Waals surface area (Å²) in [6.45, 7) is 0. The number of rotatable bonds is 2. The van der Waals surface area contributed by atoms with E-state index in [0.29, 0.717) is 5.92 Å². The molecule has 0 amide bonds. The summed E-state index contributed by atoms with van der Waals surface area (Å²) in [6.07, 6.45) is 4.67. The predicted molar refractivity (Wildman–Crippen MR) is 46.1 cm³/mol. The summed E-state index contributed by atoms with van der Waals surface area (Å²) in [4.78, 5) is 11.1. The molecule has 1 aliphatic rings. The van der Waals surface area contributed by atoms with Gasteiger partial charge in [-0.15, -0.1) is 0 Å². The third kappa shape index (κ3) is 1.43. The summed E-state index contributed by atoms with van der Waals surface area (Å²) in [5.74, 6) is 0.296. The second-order valence-electron chi connectivity index (χ2n) is 3.42. The van der Waals surface area contributed by atoms with Crippen LogP contribution < -0.4 is 0 Å². The lowest BCUT2D eigenvalue weighted by Gasteiger charge is -1.94. The molecule has 0 saturated heterocycles. The zero-order chi connectivity index (χ0) is 9.42. The van der Waals surface area contributed by atoms with Crippen molar-refractivity contribution in [2.75, 3.05) is 7.11 Å². The molecule has 0 N–H and O–H groups in total. The Hall–Kier alpha value is -1.32. The number of aryl methyl sites for hydroxylation is 1. The first kappa shape index (κ1) is 8.29. The lowest BCUT2D eigenvalue weighted by Crippen LogP contribution is -2.03. The maximum Gasteiger partial charge on any atom is 0.309 e. The molecule has 0 aliphatic heterocycles. The summed E-state index contributed by atoms with van der Waals surface area (Å²) in [7, 11) is 3.31. The highest BCUT2D eigenvalue weighted by molar-refractivity contribution is 5.77. The van der Waals surface area contributed by atoms with Gasteiger partial charge in [0.1, 0.15) is 0 Å². The topological polar surface area (TPSA) is 44.1 Å². The minimum absolute atomic E-state index is 0.0641. The Morgan fingerprint density at radius 3 is 3.08 bits per heavy atom. The van der Waals surface area contributed by atoms with Crippen LogP contribution in [0.5, 0.6) is 0 Å². The summed E-state index contributed by atoms with van der Waals surface area (Å²) in [5.41, 5.74) is 1.14. The fourth-order valence-corrected chi connectivity index (χ4v) is 1.61. The molecular formula is C9H12N2O2. The molecule has 4 heteroatoms. The van der Waals surface area contributed by atoms with Gasteiger partial charge in [-0.1, -0.05) is 0 Å². The molecule has 0 aromatic carbocycles. The molecule has 0 spiro atoms. The van der Waals surface area contributed by atoms with E-state index < -0.39 is 0 Å². The molecule has 1 heterocycles. The molecule has 2 rings (SSSR count). The quantitative estimate of drug-likeness (QED) is 0.629. The highest BCUT2D eigenvalue weighted by Crippen LogP contribution is 2.47. The van der Waals surface area contributed by atoms with Crippen molar-refractivity contribution in [3.05, 3.63) is 18.0 Å². The Kier molecular flexibility index (Phi) is 1.83. The number of esters is 1. The first-order valence-corrected chi connectivity index (χ1v) is 4.28. The summed E-state index contributed by atoms with van der Waals surface area (Å²) in [5, 5.41) is 4.06. The second-order valence-corrected chi connectivity index (χ2v) is 3.42. The lowest BCUT2D eigenvalue weighted by molar-refractivity contribution is -0.142. The Balaban J connectivity index is 2.04. The Bertz CT molecular complexity index is 332. The average molecular weight is 180 g/mol. The molecular weight excluding hydrogens is 168 g/mol. The Labute approximate surface area is 76.5 Å². The number of carbonyl (C=O) groups is 1. The van der Waals surface area contributed by atoms with Crippen LogP contribution in [0.25, 0.3) is 0 Å². The minimum atomic E-state index is -0.103. The van der Waals surface area contributed by atoms with Gasteiger partial charge in [-0.25, -0.2) is 0 Å². The van der Waals surface area contributed by atoms with Crippen LogP contribution in [-0.2, 0) is 16.6 Å². The van der Waals surface area contributed by atoms with Crippen molar-refractivity contribution < 1.29 is 9.53 Å². The van der Waals surface area contributed by atoms with Gasteiger partial charge >= 0.3 is 5.97 Å². The number of nitrogens with zero attached hydrogens (tertiary/aromatic N) is 2. The van der Waals surface area contributed by atoms with Crippen molar-refractivity contribution in [1.29, 1.82) is 0 Å². The molecule has 1 aliphatic carbocycles. The summed E-state index contributed by atoms with van der Waals surface area (Å²) < 4.78 is 6.42. The number of aromatic nitrogens is 2. The highest BCUT2D eigenvalue weighted by atomic mass is 16.5. The van der Waals surface area contributed by atoms with E-state index in [1.165, 1.54) is 7.11 Å². The minimum Gasteiger partial charge on any atom is -0.469 e. The first-order valence-electron chi connectivity index (χ1n) is 4.28. The van der Waals surface area contributed by atoms with Crippen LogP contribution >= 0.6 is 0 Å². The van der Waals surface area contributed by atoms with Crippen molar-refractivity contribution >= 4 is 5.97 Å². The van der Waals surface area contributed by atoms with Gasteiger partial charge in [-0.05, 0) is 12.0 Å². The van der Waals surface area contributed by atoms with E-state index in [4.69, 9.17) is 0 Å². The molecule has 4 nitrogen and oxygen atoms in total. The molecule has 1 aromatic heterocycles. The van der Waals surface area contributed by atoms with Gasteiger partial charge in [-0.3, -0.25) is 9.48 Å². The van der Waals surface area contributed by atoms with Crippen molar-refractivity contribution in [3.8, 4) is 0 Å². The van der Waals surface area contributed by atoms with E-state index in [2.05, 4.69) is 9.84 Å². The van der Waals surface area contributed by atoms with Crippen molar-refractivity contribution in [2.45, 2.75) is 12.3 Å². The normalized spacial score (nSPS) is 25.7. The van der Waals surface area contributed by atoms with E-state index in [0.717, 1.165) is 12.0 Å². The predicted octanol–water partition coefficient (Wildman–Crippen LogP) is 0.697. The van der Waals surface area contributed by atoms with Crippen molar-refractivity contribution in [3.63, 3.8) is 0 Å². The molecule has 2 unspecified atom stereocenters. The van der Waals surface area contributed by atoms with Crippen LogP contribution in [0, 0.1) is 5.92 Å². The maximum atomic E-state index is 11.1. The fraction of sp³-hybridized carbons (Fsp3) is 0.556. The first-order chi connectivity index (χ1) is 6.22. The van der Waals surface area contributed by atoms with E-state index in [-0.39, 0.29) is 11.9 Å². The molecule has 0 radical (unpaired) electrons. The monoisotopic (exact) mass is 180 g/mol. The fourth-order valence-electron chi connectivity index (χ4n) is 1.61. The van der Waals surface area contributed by atoms with Gasteiger partial charge in [0, 0.05) is 19.2 Å². The number of hydrogen-bond acceptors (Lipinski definition) is 3. The van der Waals surface area contributed by atoms with Crippen LogP contribution in [-0.4, -0.2) is 22.9 Å². The van der Waals surface area contributed by atoms with E-state index in [1.54, 1.807) is 4.68 Å². The Morgan fingerprint density at radius 2 is 2.54 bits per heavy atom. The van der Waals surface area contributed by atoms with Gasteiger partial charge in [0.15, 0.2) is 0 Å². The summed E-state index contributed by atoms with van der Waals surface area (Å²) >= 11 is 0. The zero-order valence-electron chi connectivity index (χ0n) is 7.73. The largest absolute Gasteiger partial charge is 0.469 e. The van der Waals surface area contributed by atoms with E-state index in [9.17, 15) is 4.79 Å². The van der Waals surface area contributed by atoms with Crippen LogP contribution in [0.15, 0.2) is 12.4 Å². The van der Waals surface area contributed by atoms with Gasteiger partial charge in [0.25, 0.3) is 0 Å². The molecule has 0 bridgehead atoms. The van der Waals surface area contributed by atoms with Crippen LogP contribution in [0.3, 0.4) is 0 Å². The molecule has 1 aromatic rings. The maximum absolute atomic E-state index is 11.1. The zero-order valence-corrected chi connectivity index (χ0v) is 7.73. The Morgan fingerprint density at radius 1 is 1.77 bits per heavy atom. The SMILES string of the molecule is COC(=O)C1CC1c1cnn(C)c1. The molecule has 70 valence electrons. The van der Waals surface area contributed by atoms with Crippen molar-refractivity contribution in [2.24, 2.45) is 13.0 Å². The van der Waals surface area contributed by atoms with Crippen LogP contribution in [0.2, 0.25) is 0 Å². The van der Waals surface area contributed by atoms with Crippen LogP contribution in [0.1, 0.15) is 17.9 Å². The van der Waals surface area contributed by atoms with E-state index in [1.807, 2.05) is 19.4 Å². The molecule has 1 fully saturated rings. The molecule has 1 saturated carbocycles. The molecule has 2 atom stereocenters. The summed E-state index contributed by atoms with van der Waals surface area (Å²) in [6, 6.07) is 0. The van der Waals surface area contributed by atoms with Crippen LogP contribution in [0.4, 0.5) is 0 Å². The van der Waals surface area contributed by atoms with E-state index >= 15 is 0 Å². The number of hydrogen-bond donors (Lipinski definition) is 0. The smallest absolute Gasteiger partial charge is 0.309 e. The van der Waals surface area contributed by atoms with Gasteiger partial charge in [-0.2, -0.15) is 5.10 Å². The lowest BCUT2D eigenvalue weighted by atomic mass is 10.2. The second kappa shape index (κ2) is 2.87. The van der Waals surface area contributed by atoms with Gasteiger partial charge in [0.05, 0.1) is 19.2 Å². The standard InChI is InChI=1S/C9H12N2O2/c1-11-5-6(4-10-11)7-3-8(7)9(12)13-2/h4-5,7-8H,3H2,1-2H3. The van der Waals surface area contributed by atoms with Crippen molar-refractivity contribution in [1.82, 2.24) is 9.78 Å². The number of methoxy groups -OCH3 is 1. The number of carbonyl (C=O) groups excluding carboxylic acids is 1.